The summed E-state index contributed by atoms with van der Waals surface area (Å²) in [6, 6.07) is 6.28. The minimum Gasteiger partial charge on any atom is -0.337 e. The van der Waals surface area contributed by atoms with Crippen LogP contribution in [0.2, 0.25) is 0 Å². The molecule has 2 rings (SSSR count). The zero-order valence-corrected chi connectivity index (χ0v) is 15.9. The monoisotopic (exact) mass is 375 g/mol. The molecule has 0 bridgehead atoms. The van der Waals surface area contributed by atoms with E-state index in [-0.39, 0.29) is 29.3 Å². The molecule has 0 aromatic heterocycles. The third kappa shape index (κ3) is 5.17. The van der Waals surface area contributed by atoms with Gasteiger partial charge in [-0.05, 0) is 58.0 Å². The van der Waals surface area contributed by atoms with Crippen molar-refractivity contribution in [3.05, 3.63) is 29.8 Å². The van der Waals surface area contributed by atoms with E-state index in [1.54, 1.807) is 26.0 Å². The fraction of sp³-hybridized carbons (Fsp3) is 0.562. The molecular formula is C16H26ClN3O3S. The molecule has 0 radical (unpaired) electrons. The molecule has 24 heavy (non-hydrogen) atoms. The van der Waals surface area contributed by atoms with Crippen molar-refractivity contribution in [3.8, 4) is 0 Å². The van der Waals surface area contributed by atoms with Gasteiger partial charge in [-0.15, -0.1) is 12.4 Å². The SMILES string of the molecule is CNC1CCCN(C(=O)c2ccc(S(=O)(=O)NC(C)C)cc2)C1.Cl. The Kier molecular flexibility index (Phi) is 7.66. The van der Waals surface area contributed by atoms with Gasteiger partial charge in [0.05, 0.1) is 4.90 Å². The highest BCUT2D eigenvalue weighted by atomic mass is 35.5. The first-order valence-corrected chi connectivity index (χ1v) is 9.40. The topological polar surface area (TPSA) is 78.5 Å². The van der Waals surface area contributed by atoms with Crippen LogP contribution < -0.4 is 10.0 Å². The molecule has 1 heterocycles. The van der Waals surface area contributed by atoms with E-state index in [4.69, 9.17) is 0 Å². The first-order chi connectivity index (χ1) is 10.8. The van der Waals surface area contributed by atoms with Gasteiger partial charge in [0, 0.05) is 30.7 Å². The molecular weight excluding hydrogens is 350 g/mol. The van der Waals surface area contributed by atoms with Gasteiger partial charge in [-0.25, -0.2) is 13.1 Å². The minimum atomic E-state index is -3.52. The van der Waals surface area contributed by atoms with Crippen molar-refractivity contribution in [2.45, 2.75) is 43.7 Å². The number of hydrogen-bond donors (Lipinski definition) is 2. The smallest absolute Gasteiger partial charge is 0.253 e. The number of likely N-dealkylation sites (tertiary alicyclic amines) is 1. The molecule has 1 atom stereocenters. The fourth-order valence-electron chi connectivity index (χ4n) is 2.73. The Bertz CT molecular complexity index is 647. The number of halogens is 1. The Labute approximate surface area is 150 Å². The van der Waals surface area contributed by atoms with Crippen molar-refractivity contribution < 1.29 is 13.2 Å². The second-order valence-corrected chi connectivity index (χ2v) is 7.89. The molecule has 1 aliphatic heterocycles. The van der Waals surface area contributed by atoms with Crippen LogP contribution in [0.4, 0.5) is 0 Å². The molecule has 6 nitrogen and oxygen atoms in total. The zero-order chi connectivity index (χ0) is 17.0. The summed E-state index contributed by atoms with van der Waals surface area (Å²) in [7, 11) is -1.62. The lowest BCUT2D eigenvalue weighted by atomic mass is 10.0. The first kappa shape index (κ1) is 20.9. The van der Waals surface area contributed by atoms with Gasteiger partial charge in [0.25, 0.3) is 5.91 Å². The summed E-state index contributed by atoms with van der Waals surface area (Å²) >= 11 is 0. The molecule has 1 fully saturated rings. The molecule has 1 amide bonds. The van der Waals surface area contributed by atoms with Crippen LogP contribution in [0.25, 0.3) is 0 Å². The van der Waals surface area contributed by atoms with Gasteiger partial charge in [0.2, 0.25) is 10.0 Å². The van der Waals surface area contributed by atoms with Gasteiger partial charge in [-0.1, -0.05) is 0 Å². The number of piperidine rings is 1. The minimum absolute atomic E-state index is 0. The number of hydrogen-bond acceptors (Lipinski definition) is 4. The fourth-order valence-corrected chi connectivity index (χ4v) is 3.99. The van der Waals surface area contributed by atoms with Gasteiger partial charge in [0.15, 0.2) is 0 Å². The summed E-state index contributed by atoms with van der Waals surface area (Å²) in [4.78, 5) is 14.5. The second kappa shape index (κ2) is 8.80. The van der Waals surface area contributed by atoms with Crippen LogP contribution >= 0.6 is 12.4 Å². The maximum Gasteiger partial charge on any atom is 0.253 e. The normalized spacial score (nSPS) is 18.3. The molecule has 1 unspecified atom stereocenters. The molecule has 136 valence electrons. The summed E-state index contributed by atoms with van der Waals surface area (Å²) in [5.41, 5.74) is 0.519. The number of likely N-dealkylation sites (N-methyl/N-ethyl adjacent to an activating group) is 1. The molecule has 0 aliphatic carbocycles. The molecule has 0 spiro atoms. The van der Waals surface area contributed by atoms with E-state index in [0.29, 0.717) is 18.2 Å². The van der Waals surface area contributed by atoms with Gasteiger partial charge in [0.1, 0.15) is 0 Å². The number of carbonyl (C=O) groups excluding carboxylic acids is 1. The number of nitrogens with one attached hydrogen (secondary N) is 2. The summed E-state index contributed by atoms with van der Waals surface area (Å²) in [5.74, 6) is -0.0503. The highest BCUT2D eigenvalue weighted by Gasteiger charge is 2.24. The Hall–Kier alpha value is -1.15. The van der Waals surface area contributed by atoms with Crippen LogP contribution in [0.5, 0.6) is 0 Å². The zero-order valence-electron chi connectivity index (χ0n) is 14.3. The largest absolute Gasteiger partial charge is 0.337 e. The lowest BCUT2D eigenvalue weighted by Gasteiger charge is -2.32. The number of nitrogens with zero attached hydrogens (tertiary/aromatic N) is 1. The van der Waals surface area contributed by atoms with Crippen molar-refractivity contribution in [2.75, 3.05) is 20.1 Å². The maximum absolute atomic E-state index is 12.5. The van der Waals surface area contributed by atoms with E-state index in [2.05, 4.69) is 10.0 Å². The molecule has 2 N–H and O–H groups in total. The Balaban J connectivity index is 0.00000288. The van der Waals surface area contributed by atoms with Crippen LogP contribution in [0.15, 0.2) is 29.2 Å². The summed E-state index contributed by atoms with van der Waals surface area (Å²) in [6.07, 6.45) is 2.04. The second-order valence-electron chi connectivity index (χ2n) is 6.18. The van der Waals surface area contributed by atoms with E-state index < -0.39 is 10.0 Å². The van der Waals surface area contributed by atoms with Crippen LogP contribution in [-0.2, 0) is 10.0 Å². The van der Waals surface area contributed by atoms with Crippen LogP contribution in [0, 0.1) is 0 Å². The van der Waals surface area contributed by atoms with E-state index in [0.717, 1.165) is 19.4 Å². The Morgan fingerprint density at radius 1 is 1.25 bits per heavy atom. The summed E-state index contributed by atoms with van der Waals surface area (Å²) in [6.45, 7) is 4.96. The van der Waals surface area contributed by atoms with E-state index >= 15 is 0 Å². The van der Waals surface area contributed by atoms with Gasteiger partial charge >= 0.3 is 0 Å². The number of carbonyl (C=O) groups is 1. The third-order valence-corrected chi connectivity index (χ3v) is 5.59. The van der Waals surface area contributed by atoms with Gasteiger partial charge in [-0.2, -0.15) is 0 Å². The molecule has 8 heteroatoms. The highest BCUT2D eigenvalue weighted by Crippen LogP contribution is 2.16. The first-order valence-electron chi connectivity index (χ1n) is 7.92. The summed E-state index contributed by atoms with van der Waals surface area (Å²) in [5, 5.41) is 3.21. The predicted octanol–water partition coefficient (Wildman–Crippen LogP) is 1.62. The van der Waals surface area contributed by atoms with Crippen molar-refractivity contribution >= 4 is 28.3 Å². The van der Waals surface area contributed by atoms with Gasteiger partial charge in [-0.3, -0.25) is 4.79 Å². The van der Waals surface area contributed by atoms with E-state index in [1.165, 1.54) is 12.1 Å². The molecule has 1 aromatic carbocycles. The molecule has 1 aliphatic rings. The Morgan fingerprint density at radius 2 is 1.88 bits per heavy atom. The average Bonchev–Trinajstić information content (AvgIpc) is 2.53. The molecule has 0 saturated carbocycles. The van der Waals surface area contributed by atoms with E-state index in [1.807, 2.05) is 11.9 Å². The van der Waals surface area contributed by atoms with Crippen molar-refractivity contribution in [1.82, 2.24) is 14.9 Å². The van der Waals surface area contributed by atoms with Gasteiger partial charge < -0.3 is 10.2 Å². The molecule has 1 saturated heterocycles. The number of sulfonamides is 1. The summed E-state index contributed by atoms with van der Waals surface area (Å²) < 4.78 is 26.7. The lowest BCUT2D eigenvalue weighted by Crippen LogP contribution is -2.46. The average molecular weight is 376 g/mol. The number of benzene rings is 1. The third-order valence-electron chi connectivity index (χ3n) is 3.92. The Morgan fingerprint density at radius 3 is 2.42 bits per heavy atom. The van der Waals surface area contributed by atoms with E-state index in [9.17, 15) is 13.2 Å². The predicted molar refractivity (Wildman–Crippen MR) is 97.1 cm³/mol. The highest BCUT2D eigenvalue weighted by molar-refractivity contribution is 7.89. The molecule has 1 aromatic rings. The quantitative estimate of drug-likeness (QED) is 0.819. The number of rotatable bonds is 5. The van der Waals surface area contributed by atoms with Crippen LogP contribution in [0.1, 0.15) is 37.0 Å². The standard InChI is InChI=1S/C16H25N3O3S.ClH/c1-12(2)18-23(21,22)15-8-6-13(7-9-15)16(20)19-10-4-5-14(11-19)17-3;/h6-9,12,14,17-18H,4-5,10-11H2,1-3H3;1H. The number of amides is 1. The lowest BCUT2D eigenvalue weighted by molar-refractivity contribution is 0.0698. The van der Waals surface area contributed by atoms with Crippen molar-refractivity contribution in [3.63, 3.8) is 0 Å². The van der Waals surface area contributed by atoms with Crippen molar-refractivity contribution in [2.24, 2.45) is 0 Å². The van der Waals surface area contributed by atoms with Crippen molar-refractivity contribution in [1.29, 1.82) is 0 Å². The van der Waals surface area contributed by atoms with Crippen LogP contribution in [0.3, 0.4) is 0 Å². The van der Waals surface area contributed by atoms with Crippen LogP contribution in [-0.4, -0.2) is 51.4 Å². The maximum atomic E-state index is 12.5.